The number of nitrogens with zero attached hydrogens (tertiary/aromatic N) is 2. The zero-order valence-electron chi connectivity index (χ0n) is 13.7. The van der Waals surface area contributed by atoms with Crippen LogP contribution in [0.2, 0.25) is 0 Å². The Bertz CT molecular complexity index is 367. The summed E-state index contributed by atoms with van der Waals surface area (Å²) in [5.41, 5.74) is 0.0498. The van der Waals surface area contributed by atoms with Crippen LogP contribution in [0.25, 0.3) is 0 Å². The molecule has 1 fully saturated rings. The van der Waals surface area contributed by atoms with Crippen molar-refractivity contribution in [2.75, 3.05) is 27.7 Å². The van der Waals surface area contributed by atoms with Crippen LogP contribution >= 0.6 is 0 Å². The first-order valence-corrected chi connectivity index (χ1v) is 7.74. The molecule has 6 heteroatoms. The summed E-state index contributed by atoms with van der Waals surface area (Å²) in [6.07, 6.45) is 5.53. The number of unbranched alkanes of at least 4 members (excludes halogenated alkanes) is 1. The highest BCUT2D eigenvalue weighted by Gasteiger charge is 2.40. The Balaban J connectivity index is 2.54. The largest absolute Gasteiger partial charge is 0.480 e. The molecule has 122 valence electrons. The van der Waals surface area contributed by atoms with E-state index in [0.717, 1.165) is 25.7 Å². The number of carboxylic acids is 1. The molecule has 6 nitrogen and oxygen atoms in total. The third kappa shape index (κ3) is 4.59. The average Bonchev–Trinajstić information content (AvgIpc) is 2.37. The normalized spacial score (nSPS) is 18.0. The number of likely N-dealkylation sites (N-methyl/N-ethyl adjacent to an activating group) is 2. The van der Waals surface area contributed by atoms with Crippen molar-refractivity contribution >= 4 is 12.0 Å². The number of urea groups is 1. The Labute approximate surface area is 127 Å². The molecule has 21 heavy (non-hydrogen) atoms. The fraction of sp³-hybridized carbons (Fsp3) is 0.867. The summed E-state index contributed by atoms with van der Waals surface area (Å²) in [6.45, 7) is 2.64. The van der Waals surface area contributed by atoms with Crippen LogP contribution in [-0.4, -0.2) is 66.2 Å². The van der Waals surface area contributed by atoms with Crippen molar-refractivity contribution in [1.29, 1.82) is 0 Å². The molecule has 1 saturated carbocycles. The van der Waals surface area contributed by atoms with Gasteiger partial charge >= 0.3 is 12.0 Å². The van der Waals surface area contributed by atoms with Crippen LogP contribution in [0.3, 0.4) is 0 Å². The fourth-order valence-electron chi connectivity index (χ4n) is 2.77. The lowest BCUT2D eigenvalue weighted by atomic mass is 9.75. The van der Waals surface area contributed by atoms with Gasteiger partial charge in [0.05, 0.1) is 0 Å². The van der Waals surface area contributed by atoms with Crippen LogP contribution in [0.4, 0.5) is 4.79 Å². The van der Waals surface area contributed by atoms with Gasteiger partial charge in [0.2, 0.25) is 0 Å². The van der Waals surface area contributed by atoms with Gasteiger partial charge in [-0.05, 0) is 39.8 Å². The molecule has 0 saturated heterocycles. The molecule has 1 rings (SSSR count). The molecular weight excluding hydrogens is 270 g/mol. The van der Waals surface area contributed by atoms with E-state index in [2.05, 4.69) is 10.2 Å². The molecule has 1 aliphatic rings. The maximum Gasteiger partial charge on any atom is 0.326 e. The van der Waals surface area contributed by atoms with Gasteiger partial charge in [-0.2, -0.15) is 0 Å². The fourth-order valence-corrected chi connectivity index (χ4v) is 2.77. The van der Waals surface area contributed by atoms with Crippen LogP contribution in [0.15, 0.2) is 0 Å². The molecule has 0 aliphatic heterocycles. The molecule has 0 aromatic carbocycles. The first-order valence-electron chi connectivity index (χ1n) is 7.74. The predicted octanol–water partition coefficient (Wildman–Crippen LogP) is 1.76. The summed E-state index contributed by atoms with van der Waals surface area (Å²) >= 11 is 0. The quantitative estimate of drug-likeness (QED) is 0.716. The van der Waals surface area contributed by atoms with Gasteiger partial charge in [0, 0.05) is 19.1 Å². The molecule has 0 spiro atoms. The zero-order valence-corrected chi connectivity index (χ0v) is 13.7. The molecule has 1 aliphatic carbocycles. The van der Waals surface area contributed by atoms with E-state index in [1.807, 2.05) is 21.0 Å². The second kappa shape index (κ2) is 7.64. The smallest absolute Gasteiger partial charge is 0.326 e. The van der Waals surface area contributed by atoms with Gasteiger partial charge in [-0.15, -0.1) is 0 Å². The first-order chi connectivity index (χ1) is 9.82. The molecule has 0 aromatic heterocycles. The van der Waals surface area contributed by atoms with Crippen molar-refractivity contribution in [2.45, 2.75) is 57.0 Å². The lowest BCUT2D eigenvalue weighted by Gasteiger charge is -2.49. The summed E-state index contributed by atoms with van der Waals surface area (Å²) < 4.78 is 0. The Morgan fingerprint density at radius 1 is 1.29 bits per heavy atom. The third-order valence-corrected chi connectivity index (χ3v) is 4.55. The predicted molar refractivity (Wildman–Crippen MR) is 82.4 cm³/mol. The summed E-state index contributed by atoms with van der Waals surface area (Å²) in [6, 6.07) is -1.09. The summed E-state index contributed by atoms with van der Waals surface area (Å²) in [5.74, 6) is -0.962. The van der Waals surface area contributed by atoms with E-state index in [0.29, 0.717) is 13.0 Å². The van der Waals surface area contributed by atoms with Crippen LogP contribution < -0.4 is 5.32 Å². The number of hydrogen-bond donors (Lipinski definition) is 2. The van der Waals surface area contributed by atoms with Gasteiger partial charge < -0.3 is 20.2 Å². The van der Waals surface area contributed by atoms with Crippen molar-refractivity contribution in [3.8, 4) is 0 Å². The van der Waals surface area contributed by atoms with Gasteiger partial charge in [-0.25, -0.2) is 9.59 Å². The van der Waals surface area contributed by atoms with E-state index in [4.69, 9.17) is 5.11 Å². The lowest BCUT2D eigenvalue weighted by Crippen LogP contribution is -2.59. The van der Waals surface area contributed by atoms with E-state index in [-0.39, 0.29) is 11.6 Å². The van der Waals surface area contributed by atoms with Crippen molar-refractivity contribution in [1.82, 2.24) is 15.1 Å². The molecule has 2 amide bonds. The highest BCUT2D eigenvalue weighted by atomic mass is 16.4. The van der Waals surface area contributed by atoms with Crippen LogP contribution in [0.1, 0.15) is 45.4 Å². The minimum Gasteiger partial charge on any atom is -0.480 e. The topological polar surface area (TPSA) is 72.9 Å². The Hall–Kier alpha value is -1.30. The Morgan fingerprint density at radius 2 is 1.90 bits per heavy atom. The molecule has 1 atom stereocenters. The van der Waals surface area contributed by atoms with Gasteiger partial charge in [-0.3, -0.25) is 0 Å². The number of carbonyl (C=O) groups is 2. The summed E-state index contributed by atoms with van der Waals surface area (Å²) in [5, 5.41) is 11.8. The second-order valence-corrected chi connectivity index (χ2v) is 6.31. The maximum atomic E-state index is 12.2. The van der Waals surface area contributed by atoms with Crippen molar-refractivity contribution < 1.29 is 14.7 Å². The van der Waals surface area contributed by atoms with Crippen molar-refractivity contribution in [3.05, 3.63) is 0 Å². The zero-order chi connectivity index (χ0) is 16.0. The number of nitrogens with one attached hydrogen (secondary N) is 1. The summed E-state index contributed by atoms with van der Waals surface area (Å²) in [4.78, 5) is 27.2. The number of aliphatic carboxylic acids is 1. The molecule has 1 unspecified atom stereocenters. The van der Waals surface area contributed by atoms with E-state index >= 15 is 0 Å². The van der Waals surface area contributed by atoms with Crippen molar-refractivity contribution in [3.63, 3.8) is 0 Å². The molecule has 0 bridgehead atoms. The second-order valence-electron chi connectivity index (χ2n) is 6.31. The van der Waals surface area contributed by atoms with E-state index < -0.39 is 12.0 Å². The summed E-state index contributed by atoms with van der Waals surface area (Å²) in [7, 11) is 5.80. The standard InChI is InChI=1S/C15H29N3O3/c1-5-6-8-12(13(19)20)16-14(21)18(4)11-15(17(2)3)9-7-10-15/h12H,5-11H2,1-4H3,(H,16,21)(H,19,20). The lowest BCUT2D eigenvalue weighted by molar-refractivity contribution is -0.139. The van der Waals surface area contributed by atoms with Crippen LogP contribution in [0, 0.1) is 0 Å². The Morgan fingerprint density at radius 3 is 2.29 bits per heavy atom. The monoisotopic (exact) mass is 299 g/mol. The average molecular weight is 299 g/mol. The molecule has 2 N–H and O–H groups in total. The number of rotatable bonds is 8. The van der Waals surface area contributed by atoms with E-state index in [1.54, 1.807) is 11.9 Å². The van der Waals surface area contributed by atoms with Crippen molar-refractivity contribution in [2.24, 2.45) is 0 Å². The highest BCUT2D eigenvalue weighted by Crippen LogP contribution is 2.36. The highest BCUT2D eigenvalue weighted by molar-refractivity contribution is 5.82. The number of amides is 2. The van der Waals surface area contributed by atoms with Gasteiger partial charge in [-0.1, -0.05) is 19.8 Å². The molecule has 0 aromatic rings. The SMILES string of the molecule is CCCCC(NC(=O)N(C)CC1(N(C)C)CCC1)C(=O)O. The molecular formula is C15H29N3O3. The molecule has 0 radical (unpaired) electrons. The minimum absolute atomic E-state index is 0.0498. The maximum absolute atomic E-state index is 12.2. The van der Waals surface area contributed by atoms with E-state index in [9.17, 15) is 9.59 Å². The van der Waals surface area contributed by atoms with Crippen LogP contribution in [-0.2, 0) is 4.79 Å². The van der Waals surface area contributed by atoms with Crippen LogP contribution in [0.5, 0.6) is 0 Å². The third-order valence-electron chi connectivity index (χ3n) is 4.55. The van der Waals surface area contributed by atoms with Gasteiger partial charge in [0.15, 0.2) is 0 Å². The number of carboxylic acid groups (broad SMARTS) is 1. The minimum atomic E-state index is -0.962. The molecule has 0 heterocycles. The van der Waals surface area contributed by atoms with Gasteiger partial charge in [0.25, 0.3) is 0 Å². The first kappa shape index (κ1) is 17.8. The number of hydrogen-bond acceptors (Lipinski definition) is 3. The number of carbonyl (C=O) groups excluding carboxylic acids is 1. The Kier molecular flexibility index (Phi) is 6.45. The van der Waals surface area contributed by atoms with E-state index in [1.165, 1.54) is 6.42 Å². The van der Waals surface area contributed by atoms with Gasteiger partial charge in [0.1, 0.15) is 6.04 Å².